The summed E-state index contributed by atoms with van der Waals surface area (Å²) in [5, 5.41) is 2.68. The van der Waals surface area contributed by atoms with Crippen LogP contribution in [-0.2, 0) is 46.9 Å². The number of anilines is 1. The van der Waals surface area contributed by atoms with E-state index < -0.39 is 80.8 Å². The third-order valence-electron chi connectivity index (χ3n) is 8.36. The minimum absolute atomic E-state index is 0.0514. The molecule has 4 aromatic carbocycles. The van der Waals surface area contributed by atoms with E-state index in [2.05, 4.69) is 10.1 Å². The predicted octanol–water partition coefficient (Wildman–Crippen LogP) is 7.88. The Bertz CT molecular complexity index is 2020. The highest BCUT2D eigenvalue weighted by Crippen LogP contribution is 2.31. The number of hydrogen-bond acceptors (Lipinski definition) is 7. The van der Waals surface area contributed by atoms with Crippen LogP contribution in [0, 0.1) is 0 Å². The summed E-state index contributed by atoms with van der Waals surface area (Å²) in [6.45, 7) is -6.22. The van der Waals surface area contributed by atoms with Crippen molar-refractivity contribution in [3.8, 4) is 11.1 Å². The van der Waals surface area contributed by atoms with Crippen LogP contribution in [0.1, 0.15) is 39.0 Å². The van der Waals surface area contributed by atoms with Gasteiger partial charge in [-0.05, 0) is 39.9 Å². The number of alkyl halides is 8. The second-order valence-electron chi connectivity index (χ2n) is 13.0. The SMILES string of the molecule is CN(C)C(=O)c1cc(CC(=O)OCC(COCC(F)(F)F)(C(=O)OCC(F)(F)F)c2ccccc2)ccc1NC(=O)Cc1ccccc1-c1ccc(C(F)F)cc1. The standard InChI is InChI=1S/C40H36F8N2O7/c1-50(2)36(53)31-18-25(12-17-32(31)49-33(51)20-28-8-6-7-11-30(28)26-13-15-27(16-14-26)35(41)42)19-34(52)56-22-38(21-55-23-39(43,44)45,29-9-4-3-5-10-29)37(54)57-24-40(46,47)48/h3-18,35H,19-24H2,1-2H3,(H,49,51). The fourth-order valence-electron chi connectivity index (χ4n) is 5.61. The van der Waals surface area contributed by atoms with Crippen molar-refractivity contribution in [1.82, 2.24) is 4.90 Å². The summed E-state index contributed by atoms with van der Waals surface area (Å²) >= 11 is 0. The first-order valence-corrected chi connectivity index (χ1v) is 17.0. The average molecular weight is 809 g/mol. The monoisotopic (exact) mass is 808 g/mol. The molecule has 0 aromatic heterocycles. The van der Waals surface area contributed by atoms with E-state index in [-0.39, 0.29) is 34.4 Å². The van der Waals surface area contributed by atoms with Gasteiger partial charge in [0.25, 0.3) is 12.3 Å². The van der Waals surface area contributed by atoms with Gasteiger partial charge in [-0.3, -0.25) is 19.2 Å². The molecule has 0 spiro atoms. The molecule has 1 unspecified atom stereocenters. The molecule has 0 heterocycles. The van der Waals surface area contributed by atoms with E-state index >= 15 is 0 Å². The number of hydrogen-bond donors (Lipinski definition) is 1. The van der Waals surface area contributed by atoms with Crippen molar-refractivity contribution in [3.63, 3.8) is 0 Å². The summed E-state index contributed by atoms with van der Waals surface area (Å²) in [4.78, 5) is 54.1. The zero-order chi connectivity index (χ0) is 42.0. The second kappa shape index (κ2) is 18.9. The number of amides is 2. The van der Waals surface area contributed by atoms with Crippen LogP contribution in [0.4, 0.5) is 40.8 Å². The van der Waals surface area contributed by atoms with Crippen LogP contribution in [0.15, 0.2) is 97.1 Å². The van der Waals surface area contributed by atoms with Gasteiger partial charge in [0.2, 0.25) is 5.91 Å². The Balaban J connectivity index is 1.55. The molecule has 2 amide bonds. The number of carbonyl (C=O) groups is 4. The Hall–Kier alpha value is -5.84. The van der Waals surface area contributed by atoms with E-state index in [4.69, 9.17) is 9.47 Å². The van der Waals surface area contributed by atoms with Crippen LogP contribution < -0.4 is 5.32 Å². The van der Waals surface area contributed by atoms with E-state index in [0.717, 1.165) is 0 Å². The molecule has 1 atom stereocenters. The zero-order valence-corrected chi connectivity index (χ0v) is 30.4. The topological polar surface area (TPSA) is 111 Å². The highest BCUT2D eigenvalue weighted by atomic mass is 19.4. The summed E-state index contributed by atoms with van der Waals surface area (Å²) in [7, 11) is 2.87. The molecule has 57 heavy (non-hydrogen) atoms. The Labute approximate surface area is 321 Å². The van der Waals surface area contributed by atoms with Crippen molar-refractivity contribution in [2.75, 3.05) is 45.8 Å². The second-order valence-corrected chi connectivity index (χ2v) is 13.0. The predicted molar refractivity (Wildman–Crippen MR) is 190 cm³/mol. The Morgan fingerprint density at radius 3 is 1.95 bits per heavy atom. The average Bonchev–Trinajstić information content (AvgIpc) is 3.15. The third-order valence-corrected chi connectivity index (χ3v) is 8.36. The lowest BCUT2D eigenvalue weighted by molar-refractivity contribution is -0.200. The van der Waals surface area contributed by atoms with Crippen molar-refractivity contribution in [3.05, 3.63) is 125 Å². The molecule has 0 aliphatic carbocycles. The smallest absolute Gasteiger partial charge is 0.422 e. The molecule has 17 heteroatoms. The molecule has 9 nitrogen and oxygen atoms in total. The van der Waals surface area contributed by atoms with Gasteiger partial charge in [-0.25, -0.2) is 8.78 Å². The van der Waals surface area contributed by atoms with Crippen LogP contribution in [-0.4, -0.2) is 81.5 Å². The Morgan fingerprint density at radius 2 is 1.33 bits per heavy atom. The van der Waals surface area contributed by atoms with E-state index in [1.165, 1.54) is 91.8 Å². The van der Waals surface area contributed by atoms with Crippen LogP contribution in [0.5, 0.6) is 0 Å². The minimum Gasteiger partial charge on any atom is -0.464 e. The van der Waals surface area contributed by atoms with Crippen molar-refractivity contribution in [2.24, 2.45) is 0 Å². The fourth-order valence-corrected chi connectivity index (χ4v) is 5.61. The molecule has 4 aromatic rings. The molecule has 0 bridgehead atoms. The number of esters is 2. The van der Waals surface area contributed by atoms with Gasteiger partial charge in [-0.2, -0.15) is 26.3 Å². The zero-order valence-electron chi connectivity index (χ0n) is 30.4. The lowest BCUT2D eigenvalue weighted by Crippen LogP contribution is -2.48. The third kappa shape index (κ3) is 12.6. The van der Waals surface area contributed by atoms with Gasteiger partial charge in [0.05, 0.1) is 30.7 Å². The quantitative estimate of drug-likeness (QED) is 0.0906. The molecule has 0 saturated carbocycles. The van der Waals surface area contributed by atoms with Gasteiger partial charge in [-0.15, -0.1) is 0 Å². The molecule has 0 aliphatic rings. The maximum absolute atomic E-state index is 13.3. The molecule has 0 radical (unpaired) electrons. The maximum atomic E-state index is 13.3. The lowest BCUT2D eigenvalue weighted by Gasteiger charge is -2.31. The number of nitrogens with one attached hydrogen (secondary N) is 1. The van der Waals surface area contributed by atoms with Crippen molar-refractivity contribution in [2.45, 2.75) is 37.0 Å². The summed E-state index contributed by atoms with van der Waals surface area (Å²) in [5.41, 5.74) is -0.852. The van der Waals surface area contributed by atoms with Crippen LogP contribution >= 0.6 is 0 Å². The molecule has 4 rings (SSSR count). The van der Waals surface area contributed by atoms with E-state index in [1.54, 1.807) is 24.3 Å². The number of rotatable bonds is 16. The van der Waals surface area contributed by atoms with E-state index in [0.29, 0.717) is 16.7 Å². The first kappa shape index (κ1) is 43.9. The van der Waals surface area contributed by atoms with Gasteiger partial charge >= 0.3 is 24.3 Å². The summed E-state index contributed by atoms with van der Waals surface area (Å²) in [6.07, 6.45) is -13.3. The van der Waals surface area contributed by atoms with Crippen molar-refractivity contribution in [1.29, 1.82) is 0 Å². The van der Waals surface area contributed by atoms with Crippen LogP contribution in [0.2, 0.25) is 0 Å². The molecule has 0 aliphatic heterocycles. The van der Waals surface area contributed by atoms with Crippen molar-refractivity contribution >= 4 is 29.4 Å². The molecule has 304 valence electrons. The first-order valence-electron chi connectivity index (χ1n) is 17.0. The Morgan fingerprint density at radius 1 is 0.702 bits per heavy atom. The van der Waals surface area contributed by atoms with Gasteiger partial charge in [-0.1, -0.05) is 84.9 Å². The maximum Gasteiger partial charge on any atom is 0.422 e. The highest BCUT2D eigenvalue weighted by Gasteiger charge is 2.46. The largest absolute Gasteiger partial charge is 0.464 e. The lowest BCUT2D eigenvalue weighted by atomic mass is 9.81. The van der Waals surface area contributed by atoms with Crippen LogP contribution in [0.25, 0.3) is 11.1 Å². The molecular formula is C40H36F8N2O7. The van der Waals surface area contributed by atoms with Crippen molar-refractivity contribution < 1.29 is 68.5 Å². The number of nitrogens with zero attached hydrogens (tertiary/aromatic N) is 1. The van der Waals surface area contributed by atoms with E-state index in [1.807, 2.05) is 0 Å². The van der Waals surface area contributed by atoms with Gasteiger partial charge in [0.1, 0.15) is 18.6 Å². The summed E-state index contributed by atoms with van der Waals surface area (Å²) in [6, 6.07) is 23.0. The number of halogens is 8. The summed E-state index contributed by atoms with van der Waals surface area (Å²) in [5.74, 6) is -3.88. The molecular weight excluding hydrogens is 772 g/mol. The Kier molecular flexibility index (Phi) is 14.5. The molecule has 0 saturated heterocycles. The first-order chi connectivity index (χ1) is 26.8. The van der Waals surface area contributed by atoms with Crippen LogP contribution in [0.3, 0.4) is 0 Å². The fraction of sp³-hybridized carbons (Fsp3) is 0.300. The minimum atomic E-state index is -4.99. The van der Waals surface area contributed by atoms with Gasteiger partial charge in [0.15, 0.2) is 6.61 Å². The van der Waals surface area contributed by atoms with E-state index in [9.17, 15) is 54.3 Å². The number of carbonyl (C=O) groups excluding carboxylic acids is 4. The number of benzene rings is 4. The normalized spacial score (nSPS) is 12.8. The highest BCUT2D eigenvalue weighted by molar-refractivity contribution is 6.04. The summed E-state index contributed by atoms with van der Waals surface area (Å²) < 4.78 is 119. The van der Waals surface area contributed by atoms with Gasteiger partial charge in [0, 0.05) is 19.7 Å². The molecule has 1 N–H and O–H groups in total. The molecule has 0 fully saturated rings. The number of ether oxygens (including phenoxy) is 3. The van der Waals surface area contributed by atoms with Gasteiger partial charge < -0.3 is 24.4 Å².